The number of benzene rings is 1. The van der Waals surface area contributed by atoms with Crippen molar-refractivity contribution in [3.05, 3.63) is 28.2 Å². The monoisotopic (exact) mass is 430 g/mol. The summed E-state index contributed by atoms with van der Waals surface area (Å²) in [7, 11) is 1.60. The normalized spacial score (nSPS) is 15.5. The van der Waals surface area contributed by atoms with Crippen LogP contribution in [0.1, 0.15) is 44.1 Å². The van der Waals surface area contributed by atoms with E-state index >= 15 is 0 Å². The van der Waals surface area contributed by atoms with Crippen LogP contribution in [-0.2, 0) is 9.59 Å². The van der Waals surface area contributed by atoms with Gasteiger partial charge in [0.1, 0.15) is 17.3 Å². The summed E-state index contributed by atoms with van der Waals surface area (Å²) < 4.78 is 6.00. The van der Waals surface area contributed by atoms with E-state index in [0.717, 1.165) is 15.8 Å². The van der Waals surface area contributed by atoms with Crippen LogP contribution in [-0.4, -0.2) is 53.8 Å². The van der Waals surface area contributed by atoms with E-state index in [-0.39, 0.29) is 43.7 Å². The first-order valence-corrected chi connectivity index (χ1v) is 9.33. The molecule has 7 heteroatoms. The lowest BCUT2D eigenvalue weighted by molar-refractivity contribution is -0.130. The maximum absolute atomic E-state index is 11.4. The molecule has 0 radical (unpaired) electrons. The molecule has 1 aliphatic carbocycles. The molecule has 0 bridgehead atoms. The molecule has 1 aliphatic rings. The van der Waals surface area contributed by atoms with Crippen molar-refractivity contribution in [2.75, 3.05) is 26.9 Å². The zero-order valence-electron chi connectivity index (χ0n) is 15.2. The molecule has 0 amide bonds. The molecule has 26 heavy (non-hydrogen) atoms. The molecule has 1 fully saturated rings. The SMILES string of the molecule is CCC(CO)(CO)CO.COc1ccc(C2CC(=O)CC(=O)C2)cc1Br. The Hall–Kier alpha value is -1.28. The molecule has 0 saturated heterocycles. The average molecular weight is 431 g/mol. The van der Waals surface area contributed by atoms with Gasteiger partial charge in [-0.15, -0.1) is 0 Å². The van der Waals surface area contributed by atoms with E-state index in [4.69, 9.17) is 20.1 Å². The molecule has 0 spiro atoms. The van der Waals surface area contributed by atoms with E-state index in [2.05, 4.69) is 15.9 Å². The van der Waals surface area contributed by atoms with Crippen molar-refractivity contribution in [1.29, 1.82) is 0 Å². The van der Waals surface area contributed by atoms with Crippen LogP contribution in [0, 0.1) is 5.41 Å². The molecule has 0 unspecified atom stereocenters. The molecule has 6 nitrogen and oxygen atoms in total. The van der Waals surface area contributed by atoms with Gasteiger partial charge in [0.15, 0.2) is 0 Å². The van der Waals surface area contributed by atoms with Crippen molar-refractivity contribution >= 4 is 27.5 Å². The Labute approximate surface area is 162 Å². The van der Waals surface area contributed by atoms with Gasteiger partial charge >= 0.3 is 0 Å². The molecule has 1 aromatic rings. The molecular formula is C19H27BrO6. The van der Waals surface area contributed by atoms with Gasteiger partial charge in [-0.1, -0.05) is 13.0 Å². The standard InChI is InChI=1S/C13H13BrO3.C6H14O3/c1-17-13-3-2-8(6-12(13)14)9-4-10(15)7-11(16)5-9;1-2-6(3-7,4-8)5-9/h2-3,6,9H,4-5,7H2,1H3;7-9H,2-5H2,1H3. The Kier molecular flexibility index (Phi) is 9.43. The smallest absolute Gasteiger partial charge is 0.140 e. The highest BCUT2D eigenvalue weighted by atomic mass is 79.9. The van der Waals surface area contributed by atoms with E-state index in [9.17, 15) is 9.59 Å². The number of rotatable bonds is 6. The van der Waals surface area contributed by atoms with Crippen molar-refractivity contribution in [3.8, 4) is 5.75 Å². The molecule has 0 heterocycles. The van der Waals surface area contributed by atoms with Gasteiger partial charge in [0.25, 0.3) is 0 Å². The van der Waals surface area contributed by atoms with Gasteiger partial charge in [0.2, 0.25) is 0 Å². The van der Waals surface area contributed by atoms with Gasteiger partial charge in [0.05, 0.1) is 37.8 Å². The number of halogens is 1. The minimum Gasteiger partial charge on any atom is -0.496 e. The van der Waals surface area contributed by atoms with Crippen LogP contribution in [0.5, 0.6) is 5.75 Å². The lowest BCUT2D eigenvalue weighted by atomic mass is 9.83. The predicted molar refractivity (Wildman–Crippen MR) is 101 cm³/mol. The Bertz CT molecular complexity index is 579. The molecular weight excluding hydrogens is 404 g/mol. The van der Waals surface area contributed by atoms with Crippen LogP contribution >= 0.6 is 15.9 Å². The number of ether oxygens (including phenoxy) is 1. The van der Waals surface area contributed by atoms with Crippen molar-refractivity contribution in [2.24, 2.45) is 5.41 Å². The Morgan fingerprint density at radius 3 is 2.00 bits per heavy atom. The zero-order chi connectivity index (χ0) is 19.7. The molecule has 1 aromatic carbocycles. The Morgan fingerprint density at radius 1 is 1.12 bits per heavy atom. The number of carbonyl (C=O) groups is 2. The first kappa shape index (κ1) is 22.8. The predicted octanol–water partition coefficient (Wildman–Crippen LogP) is 2.22. The van der Waals surface area contributed by atoms with E-state index < -0.39 is 5.41 Å². The summed E-state index contributed by atoms with van der Waals surface area (Å²) in [6.45, 7) is 1.35. The number of hydrogen-bond acceptors (Lipinski definition) is 6. The van der Waals surface area contributed by atoms with Gasteiger partial charge in [-0.05, 0) is 46.0 Å². The summed E-state index contributed by atoms with van der Waals surface area (Å²) in [4.78, 5) is 22.8. The highest BCUT2D eigenvalue weighted by Crippen LogP contribution is 2.34. The first-order chi connectivity index (χ1) is 12.3. The number of aliphatic hydroxyl groups is 3. The summed E-state index contributed by atoms with van der Waals surface area (Å²) in [5.41, 5.74) is 0.346. The van der Waals surface area contributed by atoms with Crippen molar-refractivity contribution in [3.63, 3.8) is 0 Å². The summed E-state index contributed by atoms with van der Waals surface area (Å²) in [6, 6.07) is 5.69. The zero-order valence-corrected chi connectivity index (χ0v) is 16.8. The second-order valence-corrected chi connectivity index (χ2v) is 7.44. The fourth-order valence-electron chi connectivity index (χ4n) is 2.64. The Morgan fingerprint density at radius 2 is 1.65 bits per heavy atom. The topological polar surface area (TPSA) is 104 Å². The lowest BCUT2D eigenvalue weighted by Gasteiger charge is -2.24. The quantitative estimate of drug-likeness (QED) is 0.597. The summed E-state index contributed by atoms with van der Waals surface area (Å²) in [5, 5.41) is 26.0. The van der Waals surface area contributed by atoms with Gasteiger partial charge in [-0.2, -0.15) is 0 Å². The molecule has 0 aliphatic heterocycles. The molecule has 2 rings (SSSR count). The third-order valence-corrected chi connectivity index (χ3v) is 5.37. The molecule has 3 N–H and O–H groups in total. The lowest BCUT2D eigenvalue weighted by Crippen LogP contribution is -2.32. The summed E-state index contributed by atoms with van der Waals surface area (Å²) >= 11 is 3.41. The van der Waals surface area contributed by atoms with Gasteiger partial charge in [-0.3, -0.25) is 9.59 Å². The summed E-state index contributed by atoms with van der Waals surface area (Å²) in [5.74, 6) is 0.851. The van der Waals surface area contributed by atoms with Crippen LogP contribution in [0.15, 0.2) is 22.7 Å². The van der Waals surface area contributed by atoms with E-state index in [1.165, 1.54) is 0 Å². The van der Waals surface area contributed by atoms with Crippen molar-refractivity contribution in [2.45, 2.75) is 38.5 Å². The second-order valence-electron chi connectivity index (χ2n) is 6.58. The molecule has 0 atom stereocenters. The Balaban J connectivity index is 0.000000321. The highest BCUT2D eigenvalue weighted by molar-refractivity contribution is 9.10. The molecule has 0 aromatic heterocycles. The summed E-state index contributed by atoms with van der Waals surface area (Å²) in [6.07, 6.45) is 1.62. The second kappa shape index (κ2) is 10.8. The van der Waals surface area contributed by atoms with Gasteiger partial charge < -0.3 is 20.1 Å². The van der Waals surface area contributed by atoms with Gasteiger partial charge in [0, 0.05) is 18.3 Å². The van der Waals surface area contributed by atoms with Crippen LogP contribution in [0.4, 0.5) is 0 Å². The van der Waals surface area contributed by atoms with E-state index in [1.807, 2.05) is 25.1 Å². The van der Waals surface area contributed by atoms with Crippen LogP contribution < -0.4 is 4.74 Å². The minimum atomic E-state index is -0.667. The number of ketones is 2. The maximum atomic E-state index is 11.4. The average Bonchev–Trinajstić information content (AvgIpc) is 2.64. The van der Waals surface area contributed by atoms with E-state index in [1.54, 1.807) is 7.11 Å². The number of methoxy groups -OCH3 is 1. The fraction of sp³-hybridized carbons (Fsp3) is 0.579. The number of carbonyl (C=O) groups excluding carboxylic acids is 2. The van der Waals surface area contributed by atoms with Crippen LogP contribution in [0.25, 0.3) is 0 Å². The number of hydrogen-bond donors (Lipinski definition) is 3. The third kappa shape index (κ3) is 6.16. The van der Waals surface area contributed by atoms with Crippen LogP contribution in [0.2, 0.25) is 0 Å². The minimum absolute atomic E-state index is 0.0194. The van der Waals surface area contributed by atoms with Gasteiger partial charge in [-0.25, -0.2) is 0 Å². The highest BCUT2D eigenvalue weighted by Gasteiger charge is 2.27. The number of Topliss-reactive ketones (excluding diaryl/α,β-unsaturated/α-hetero) is 2. The number of aliphatic hydroxyl groups excluding tert-OH is 3. The maximum Gasteiger partial charge on any atom is 0.140 e. The van der Waals surface area contributed by atoms with Crippen LogP contribution in [0.3, 0.4) is 0 Å². The van der Waals surface area contributed by atoms with Crippen molar-refractivity contribution < 1.29 is 29.6 Å². The third-order valence-electron chi connectivity index (χ3n) is 4.75. The first-order valence-electron chi connectivity index (χ1n) is 8.54. The van der Waals surface area contributed by atoms with E-state index in [0.29, 0.717) is 19.3 Å². The fourth-order valence-corrected chi connectivity index (χ4v) is 3.20. The largest absolute Gasteiger partial charge is 0.496 e. The molecule has 146 valence electrons. The molecule has 1 saturated carbocycles. The van der Waals surface area contributed by atoms with Crippen molar-refractivity contribution in [1.82, 2.24) is 0 Å².